The number of H-pyrrole nitrogens is 1. The second kappa shape index (κ2) is 7.40. The number of aromatic amines is 1. The van der Waals surface area contributed by atoms with Gasteiger partial charge in [0, 0.05) is 45.3 Å². The van der Waals surface area contributed by atoms with Gasteiger partial charge >= 0.3 is 5.76 Å². The van der Waals surface area contributed by atoms with E-state index in [0.717, 1.165) is 24.7 Å². The van der Waals surface area contributed by atoms with Crippen LogP contribution in [0.4, 0.5) is 11.6 Å². The summed E-state index contributed by atoms with van der Waals surface area (Å²) in [5, 5.41) is 0. The highest BCUT2D eigenvalue weighted by atomic mass is 32.2. The highest BCUT2D eigenvalue weighted by Gasteiger charge is 2.29. The van der Waals surface area contributed by atoms with Crippen molar-refractivity contribution in [2.24, 2.45) is 0 Å². The van der Waals surface area contributed by atoms with E-state index in [4.69, 9.17) is 4.42 Å². The van der Waals surface area contributed by atoms with Gasteiger partial charge in [-0.2, -0.15) is 4.31 Å². The maximum Gasteiger partial charge on any atom is 0.417 e. The lowest BCUT2D eigenvalue weighted by molar-refractivity contribution is 0.384. The smallest absolute Gasteiger partial charge is 0.408 e. The van der Waals surface area contributed by atoms with Gasteiger partial charge in [0.05, 0.1) is 10.4 Å². The number of hydrogen-bond acceptors (Lipinski definition) is 8. The average Bonchev–Trinajstić information content (AvgIpc) is 3.42. The Morgan fingerprint density at radius 3 is 2.27 bits per heavy atom. The molecule has 1 aromatic carbocycles. The Hall–Kier alpha value is -2.92. The number of benzene rings is 1. The quantitative estimate of drug-likeness (QED) is 0.652. The Balaban J connectivity index is 1.31. The van der Waals surface area contributed by atoms with Gasteiger partial charge in [0.2, 0.25) is 10.0 Å². The summed E-state index contributed by atoms with van der Waals surface area (Å²) in [7, 11) is -3.67. The number of sulfonamides is 1. The van der Waals surface area contributed by atoms with Crippen molar-refractivity contribution < 1.29 is 12.8 Å². The summed E-state index contributed by atoms with van der Waals surface area (Å²) >= 11 is 0. The van der Waals surface area contributed by atoms with E-state index in [-0.39, 0.29) is 4.90 Å². The standard InChI is InChI=1S/C19H22N6O4S/c26-19-22-15-11-14(3-4-16(15)29-19)30(27,28)25-9-7-24(8-10-25)18-12-17(20-13-21-18)23-5-1-2-6-23/h3-4,11-13H,1-2,5-10H2,(H,22,26). The lowest BCUT2D eigenvalue weighted by atomic mass is 10.3. The zero-order valence-corrected chi connectivity index (χ0v) is 17.1. The van der Waals surface area contributed by atoms with Crippen LogP contribution in [0.1, 0.15) is 12.8 Å². The van der Waals surface area contributed by atoms with Crippen molar-refractivity contribution in [3.8, 4) is 0 Å². The lowest BCUT2D eigenvalue weighted by Crippen LogP contribution is -2.49. The van der Waals surface area contributed by atoms with E-state index >= 15 is 0 Å². The SMILES string of the molecule is O=c1[nH]c2cc(S(=O)(=O)N3CCN(c4cc(N5CCCC5)ncn4)CC3)ccc2o1. The fourth-order valence-electron chi connectivity index (χ4n) is 4.03. The maximum absolute atomic E-state index is 13.1. The van der Waals surface area contributed by atoms with Crippen molar-refractivity contribution in [2.45, 2.75) is 17.7 Å². The topological polar surface area (TPSA) is 116 Å². The van der Waals surface area contributed by atoms with Gasteiger partial charge in [-0.05, 0) is 31.0 Å². The Bertz CT molecular complexity index is 1220. The summed E-state index contributed by atoms with van der Waals surface area (Å²) in [6, 6.07) is 6.39. The third kappa shape index (κ3) is 3.43. The Morgan fingerprint density at radius 1 is 0.900 bits per heavy atom. The monoisotopic (exact) mass is 430 g/mol. The van der Waals surface area contributed by atoms with E-state index in [1.807, 2.05) is 6.07 Å². The lowest BCUT2D eigenvalue weighted by Gasteiger charge is -2.34. The van der Waals surface area contributed by atoms with Gasteiger partial charge in [0.25, 0.3) is 0 Å². The number of anilines is 2. The first-order chi connectivity index (χ1) is 14.5. The van der Waals surface area contributed by atoms with Gasteiger partial charge in [-0.3, -0.25) is 4.98 Å². The molecule has 1 N–H and O–H groups in total. The largest absolute Gasteiger partial charge is 0.417 e. The van der Waals surface area contributed by atoms with Gasteiger partial charge in [0.15, 0.2) is 5.58 Å². The summed E-state index contributed by atoms with van der Waals surface area (Å²) in [5.41, 5.74) is 0.705. The normalized spacial score (nSPS) is 18.4. The van der Waals surface area contributed by atoms with Crippen LogP contribution >= 0.6 is 0 Å². The number of nitrogens with one attached hydrogen (secondary N) is 1. The molecule has 30 heavy (non-hydrogen) atoms. The van der Waals surface area contributed by atoms with Crippen LogP contribution in [-0.4, -0.2) is 66.9 Å². The first kappa shape index (κ1) is 19.1. The fourth-order valence-corrected chi connectivity index (χ4v) is 5.48. The number of rotatable bonds is 4. The zero-order chi connectivity index (χ0) is 20.7. The molecular weight excluding hydrogens is 408 g/mol. The number of oxazole rings is 1. The predicted molar refractivity (Wildman–Crippen MR) is 111 cm³/mol. The van der Waals surface area contributed by atoms with Gasteiger partial charge in [-0.25, -0.2) is 23.2 Å². The number of aromatic nitrogens is 3. The van der Waals surface area contributed by atoms with Crippen LogP contribution in [0.3, 0.4) is 0 Å². The number of hydrogen-bond donors (Lipinski definition) is 1. The first-order valence-electron chi connectivity index (χ1n) is 9.96. The Labute approximate surface area is 173 Å². The predicted octanol–water partition coefficient (Wildman–Crippen LogP) is 1.02. The van der Waals surface area contributed by atoms with Crippen molar-refractivity contribution in [1.29, 1.82) is 0 Å². The molecule has 0 saturated carbocycles. The number of fused-ring (bicyclic) bond motifs is 1. The summed E-state index contributed by atoms with van der Waals surface area (Å²) in [6.07, 6.45) is 3.93. The summed E-state index contributed by atoms with van der Waals surface area (Å²) < 4.78 is 32.5. The molecule has 0 aliphatic carbocycles. The second-order valence-electron chi connectivity index (χ2n) is 7.49. The van der Waals surface area contributed by atoms with Crippen LogP contribution in [0.2, 0.25) is 0 Å². The molecule has 2 aliphatic heterocycles. The summed E-state index contributed by atoms with van der Waals surface area (Å²) in [4.78, 5) is 27.1. The summed E-state index contributed by atoms with van der Waals surface area (Å²) in [5.74, 6) is 1.14. The van der Waals surface area contributed by atoms with Crippen molar-refractivity contribution >= 4 is 32.8 Å². The minimum absolute atomic E-state index is 0.138. The fraction of sp³-hybridized carbons (Fsp3) is 0.421. The van der Waals surface area contributed by atoms with E-state index in [9.17, 15) is 13.2 Å². The van der Waals surface area contributed by atoms with E-state index < -0.39 is 15.8 Å². The van der Waals surface area contributed by atoms with E-state index in [2.05, 4.69) is 24.8 Å². The molecule has 0 atom stereocenters. The minimum atomic E-state index is -3.67. The van der Waals surface area contributed by atoms with Crippen LogP contribution in [0.5, 0.6) is 0 Å². The number of nitrogens with zero attached hydrogens (tertiary/aromatic N) is 5. The van der Waals surface area contributed by atoms with Crippen molar-refractivity contribution in [1.82, 2.24) is 19.3 Å². The highest BCUT2D eigenvalue weighted by molar-refractivity contribution is 7.89. The third-order valence-electron chi connectivity index (χ3n) is 5.66. The first-order valence-corrected chi connectivity index (χ1v) is 11.4. The highest BCUT2D eigenvalue weighted by Crippen LogP contribution is 2.25. The molecular formula is C19H22N6O4S. The Kier molecular flexibility index (Phi) is 4.70. The molecule has 0 spiro atoms. The second-order valence-corrected chi connectivity index (χ2v) is 9.43. The molecule has 2 saturated heterocycles. The average molecular weight is 430 g/mol. The van der Waals surface area contributed by atoms with Crippen LogP contribution in [0, 0.1) is 0 Å². The van der Waals surface area contributed by atoms with E-state index in [1.165, 1.54) is 35.3 Å². The molecule has 158 valence electrons. The molecule has 3 aromatic rings. The van der Waals surface area contributed by atoms with Crippen LogP contribution < -0.4 is 15.6 Å². The van der Waals surface area contributed by atoms with Gasteiger partial charge < -0.3 is 14.2 Å². The molecule has 5 rings (SSSR count). The van der Waals surface area contributed by atoms with E-state index in [1.54, 1.807) is 6.33 Å². The molecule has 0 unspecified atom stereocenters. The molecule has 4 heterocycles. The molecule has 0 radical (unpaired) electrons. The molecule has 11 heteroatoms. The Morgan fingerprint density at radius 2 is 1.57 bits per heavy atom. The third-order valence-corrected chi connectivity index (χ3v) is 7.55. The van der Waals surface area contributed by atoms with Gasteiger partial charge in [-0.15, -0.1) is 0 Å². The molecule has 2 fully saturated rings. The molecule has 2 aliphatic rings. The van der Waals surface area contributed by atoms with Crippen LogP contribution in [0.15, 0.2) is 44.7 Å². The maximum atomic E-state index is 13.1. The number of piperazine rings is 1. The van der Waals surface area contributed by atoms with Gasteiger partial charge in [0.1, 0.15) is 18.0 Å². The minimum Gasteiger partial charge on any atom is -0.408 e. The molecule has 2 aromatic heterocycles. The summed E-state index contributed by atoms with van der Waals surface area (Å²) in [6.45, 7) is 3.81. The van der Waals surface area contributed by atoms with Crippen molar-refractivity contribution in [3.63, 3.8) is 0 Å². The molecule has 0 amide bonds. The van der Waals surface area contributed by atoms with Gasteiger partial charge in [-0.1, -0.05) is 0 Å². The van der Waals surface area contributed by atoms with Crippen LogP contribution in [-0.2, 0) is 10.0 Å². The van der Waals surface area contributed by atoms with Crippen molar-refractivity contribution in [2.75, 3.05) is 49.1 Å². The zero-order valence-electron chi connectivity index (χ0n) is 16.3. The molecule has 0 bridgehead atoms. The van der Waals surface area contributed by atoms with Crippen molar-refractivity contribution in [3.05, 3.63) is 41.1 Å². The van der Waals surface area contributed by atoms with E-state index in [0.29, 0.717) is 37.3 Å². The molecule has 10 nitrogen and oxygen atoms in total. The van der Waals surface area contributed by atoms with Crippen LogP contribution in [0.25, 0.3) is 11.1 Å².